The molecule has 0 radical (unpaired) electrons. The van der Waals surface area contributed by atoms with E-state index < -0.39 is 0 Å². The fourth-order valence-electron chi connectivity index (χ4n) is 4.38. The van der Waals surface area contributed by atoms with Gasteiger partial charge < -0.3 is 9.80 Å². The summed E-state index contributed by atoms with van der Waals surface area (Å²) >= 11 is 1.86. The van der Waals surface area contributed by atoms with E-state index in [9.17, 15) is 4.79 Å². The summed E-state index contributed by atoms with van der Waals surface area (Å²) in [6.45, 7) is 4.91. The molecular formula is C18H28N4OS. The molecule has 1 saturated carbocycles. The number of carbonyl (C=O) groups excluding carboxylic acids is 1. The average molecular weight is 349 g/mol. The summed E-state index contributed by atoms with van der Waals surface area (Å²) in [5, 5.41) is 3.63. The highest BCUT2D eigenvalue weighted by Gasteiger charge is 2.33. The summed E-state index contributed by atoms with van der Waals surface area (Å²) < 4.78 is 0. The van der Waals surface area contributed by atoms with Gasteiger partial charge in [-0.25, -0.2) is 9.78 Å². The van der Waals surface area contributed by atoms with Gasteiger partial charge >= 0.3 is 6.03 Å². The van der Waals surface area contributed by atoms with Crippen LogP contribution in [-0.2, 0) is 6.54 Å². The summed E-state index contributed by atoms with van der Waals surface area (Å²) in [5.74, 6) is 0.729. The number of hydrogen-bond donors (Lipinski definition) is 0. The van der Waals surface area contributed by atoms with Crippen LogP contribution in [0.4, 0.5) is 4.79 Å². The zero-order valence-electron chi connectivity index (χ0n) is 14.6. The van der Waals surface area contributed by atoms with Gasteiger partial charge in [-0.05, 0) is 25.7 Å². The lowest BCUT2D eigenvalue weighted by Gasteiger charge is -2.36. The molecule has 1 aromatic heterocycles. The second-order valence-electron chi connectivity index (χ2n) is 7.56. The molecule has 6 heteroatoms. The molecule has 0 aromatic carbocycles. The summed E-state index contributed by atoms with van der Waals surface area (Å²) in [5.41, 5.74) is 1.25. The number of thiazole rings is 1. The topological polar surface area (TPSA) is 39.7 Å². The number of carbonyl (C=O) groups is 1. The molecular weight excluding hydrogens is 320 g/mol. The second kappa shape index (κ2) is 7.00. The Balaban J connectivity index is 1.28. The van der Waals surface area contributed by atoms with E-state index in [0.717, 1.165) is 51.5 Å². The second-order valence-corrected chi connectivity index (χ2v) is 8.45. The van der Waals surface area contributed by atoms with E-state index in [-0.39, 0.29) is 6.03 Å². The van der Waals surface area contributed by atoms with Gasteiger partial charge in [0.05, 0.1) is 10.7 Å². The third kappa shape index (κ3) is 3.31. The summed E-state index contributed by atoms with van der Waals surface area (Å²) in [6.07, 6.45) is 7.60. The number of piperidine rings is 1. The van der Waals surface area contributed by atoms with Crippen molar-refractivity contribution in [2.75, 3.05) is 33.2 Å². The minimum Gasteiger partial charge on any atom is -0.326 e. The first-order valence-electron chi connectivity index (χ1n) is 9.39. The Labute approximate surface area is 148 Å². The molecule has 5 nitrogen and oxygen atoms in total. The number of nitrogens with zero attached hydrogens (tertiary/aromatic N) is 4. The average Bonchev–Trinajstić information content (AvgIpc) is 3.32. The zero-order chi connectivity index (χ0) is 16.5. The molecule has 132 valence electrons. The molecule has 0 atom stereocenters. The molecule has 2 amide bonds. The normalized spacial score (nSPS) is 24.5. The monoisotopic (exact) mass is 348 g/mol. The highest BCUT2D eigenvalue weighted by molar-refractivity contribution is 7.09. The predicted molar refractivity (Wildman–Crippen MR) is 96.4 cm³/mol. The maximum atomic E-state index is 12.1. The van der Waals surface area contributed by atoms with Crippen molar-refractivity contribution in [2.45, 2.75) is 57.0 Å². The van der Waals surface area contributed by atoms with Gasteiger partial charge in [0, 0.05) is 57.1 Å². The van der Waals surface area contributed by atoms with Crippen LogP contribution in [0, 0.1) is 0 Å². The largest absolute Gasteiger partial charge is 0.326 e. The van der Waals surface area contributed by atoms with Crippen LogP contribution in [0.1, 0.15) is 55.1 Å². The SMILES string of the molecule is CN1CCN(C2CCN(Cc3csc(C4CCCC4)n3)CC2)C1=O. The minimum absolute atomic E-state index is 0.217. The van der Waals surface area contributed by atoms with Crippen LogP contribution in [0.2, 0.25) is 0 Å². The lowest BCUT2D eigenvalue weighted by Crippen LogP contribution is -2.46. The highest BCUT2D eigenvalue weighted by atomic mass is 32.1. The van der Waals surface area contributed by atoms with Gasteiger partial charge in [-0.2, -0.15) is 0 Å². The van der Waals surface area contributed by atoms with Crippen molar-refractivity contribution < 1.29 is 4.79 Å². The highest BCUT2D eigenvalue weighted by Crippen LogP contribution is 2.35. The number of urea groups is 1. The van der Waals surface area contributed by atoms with E-state index in [4.69, 9.17) is 4.98 Å². The standard InChI is InChI=1S/C18H28N4OS/c1-20-10-11-22(18(20)23)16-6-8-21(9-7-16)12-15-13-24-17(19-15)14-4-2-3-5-14/h13-14,16H,2-12H2,1H3. The van der Waals surface area contributed by atoms with E-state index in [2.05, 4.69) is 15.2 Å². The number of hydrogen-bond acceptors (Lipinski definition) is 4. The van der Waals surface area contributed by atoms with E-state index >= 15 is 0 Å². The molecule has 2 saturated heterocycles. The first kappa shape index (κ1) is 16.3. The fraction of sp³-hybridized carbons (Fsp3) is 0.778. The van der Waals surface area contributed by atoms with E-state index in [1.165, 1.54) is 36.4 Å². The van der Waals surface area contributed by atoms with Crippen molar-refractivity contribution in [2.24, 2.45) is 0 Å². The third-order valence-corrected chi connectivity index (χ3v) is 6.96. The van der Waals surface area contributed by atoms with Crippen LogP contribution in [0.25, 0.3) is 0 Å². The van der Waals surface area contributed by atoms with Crippen molar-refractivity contribution in [1.29, 1.82) is 0 Å². The van der Waals surface area contributed by atoms with Crippen molar-refractivity contribution in [3.8, 4) is 0 Å². The van der Waals surface area contributed by atoms with Crippen LogP contribution in [0.15, 0.2) is 5.38 Å². The zero-order valence-corrected chi connectivity index (χ0v) is 15.4. The van der Waals surface area contributed by atoms with Crippen molar-refractivity contribution in [3.05, 3.63) is 16.1 Å². The van der Waals surface area contributed by atoms with Crippen LogP contribution in [-0.4, -0.2) is 65.0 Å². The number of aromatic nitrogens is 1. The van der Waals surface area contributed by atoms with Crippen LogP contribution in [0.3, 0.4) is 0 Å². The molecule has 2 aliphatic heterocycles. The lowest BCUT2D eigenvalue weighted by molar-refractivity contribution is 0.127. The van der Waals surface area contributed by atoms with Gasteiger partial charge in [-0.3, -0.25) is 4.90 Å². The third-order valence-electron chi connectivity index (χ3n) is 5.91. The Morgan fingerprint density at radius 1 is 1.12 bits per heavy atom. The van der Waals surface area contributed by atoms with E-state index in [0.29, 0.717) is 6.04 Å². The first-order chi connectivity index (χ1) is 11.7. The molecule has 3 fully saturated rings. The Bertz CT molecular complexity index is 575. The van der Waals surface area contributed by atoms with Gasteiger partial charge in [-0.1, -0.05) is 12.8 Å². The molecule has 1 aromatic rings. The molecule has 3 aliphatic rings. The Hall–Kier alpha value is -1.14. The molecule has 1 aliphatic carbocycles. The van der Waals surface area contributed by atoms with Gasteiger partial charge in [0.25, 0.3) is 0 Å². The Kier molecular flexibility index (Phi) is 4.77. The van der Waals surface area contributed by atoms with Gasteiger partial charge in [-0.15, -0.1) is 11.3 Å². The molecule has 24 heavy (non-hydrogen) atoms. The summed E-state index contributed by atoms with van der Waals surface area (Å²) in [7, 11) is 1.90. The quantitative estimate of drug-likeness (QED) is 0.839. The molecule has 0 spiro atoms. The van der Waals surface area contributed by atoms with Gasteiger partial charge in [0.15, 0.2) is 0 Å². The van der Waals surface area contributed by atoms with Crippen molar-refractivity contribution >= 4 is 17.4 Å². The number of rotatable bonds is 4. The Morgan fingerprint density at radius 2 is 1.88 bits per heavy atom. The number of likely N-dealkylation sites (tertiary alicyclic amines) is 1. The summed E-state index contributed by atoms with van der Waals surface area (Å²) in [4.78, 5) is 23.5. The number of amides is 2. The smallest absolute Gasteiger partial charge is 0.320 e. The molecule has 0 unspecified atom stereocenters. The molecule has 0 bridgehead atoms. The van der Waals surface area contributed by atoms with E-state index in [1.54, 1.807) is 0 Å². The molecule has 3 heterocycles. The van der Waals surface area contributed by atoms with E-state index in [1.807, 2.05) is 23.3 Å². The lowest BCUT2D eigenvalue weighted by atomic mass is 10.0. The van der Waals surface area contributed by atoms with Gasteiger partial charge in [0.2, 0.25) is 0 Å². The Morgan fingerprint density at radius 3 is 2.54 bits per heavy atom. The van der Waals surface area contributed by atoms with Crippen LogP contribution >= 0.6 is 11.3 Å². The molecule has 4 rings (SSSR count). The maximum Gasteiger partial charge on any atom is 0.320 e. The predicted octanol–water partition coefficient (Wildman–Crippen LogP) is 3.13. The van der Waals surface area contributed by atoms with Crippen LogP contribution in [0.5, 0.6) is 0 Å². The fourth-order valence-corrected chi connectivity index (χ4v) is 5.36. The number of likely N-dealkylation sites (N-methyl/N-ethyl adjacent to an activating group) is 1. The van der Waals surface area contributed by atoms with Gasteiger partial charge in [0.1, 0.15) is 0 Å². The summed E-state index contributed by atoms with van der Waals surface area (Å²) in [6, 6.07) is 0.650. The van der Waals surface area contributed by atoms with Crippen molar-refractivity contribution in [1.82, 2.24) is 19.7 Å². The van der Waals surface area contributed by atoms with Crippen molar-refractivity contribution in [3.63, 3.8) is 0 Å². The first-order valence-corrected chi connectivity index (χ1v) is 10.3. The maximum absolute atomic E-state index is 12.1. The molecule has 0 N–H and O–H groups in total. The minimum atomic E-state index is 0.217. The van der Waals surface area contributed by atoms with Crippen LogP contribution < -0.4 is 0 Å².